The Balaban J connectivity index is 0.000000739. The Morgan fingerprint density at radius 2 is 1.35 bits per heavy atom. The molecule has 0 saturated carbocycles. The van der Waals surface area contributed by atoms with Gasteiger partial charge in [0.15, 0.2) is 0 Å². The predicted molar refractivity (Wildman–Crippen MR) is 144 cm³/mol. The van der Waals surface area contributed by atoms with Crippen molar-refractivity contribution >= 4 is 34.7 Å². The topological polar surface area (TPSA) is 26.0 Å². The van der Waals surface area contributed by atoms with E-state index in [-0.39, 0.29) is 11.5 Å². The highest BCUT2D eigenvalue weighted by Crippen LogP contribution is 2.46. The summed E-state index contributed by atoms with van der Waals surface area (Å²) in [5, 5.41) is 7.21. The van der Waals surface area contributed by atoms with Crippen molar-refractivity contribution in [3.05, 3.63) is 57.5 Å². The van der Waals surface area contributed by atoms with E-state index >= 15 is 0 Å². The van der Waals surface area contributed by atoms with E-state index in [4.69, 9.17) is 5.73 Å². The number of hydrogen-bond donors (Lipinski definition) is 1. The van der Waals surface area contributed by atoms with Crippen LogP contribution in [0.1, 0.15) is 97.4 Å². The fraction of sp³-hybridized carbons (Fsp3) is 0.467. The molecule has 0 amide bonds. The fourth-order valence-electron chi connectivity index (χ4n) is 4.75. The highest BCUT2D eigenvalue weighted by Gasteiger charge is 2.37. The Labute approximate surface area is 191 Å². The summed E-state index contributed by atoms with van der Waals surface area (Å²) in [5.41, 5.74) is 10.6. The number of rotatable bonds is 0. The van der Waals surface area contributed by atoms with E-state index in [9.17, 15) is 0 Å². The lowest BCUT2D eigenvalue weighted by atomic mass is 9.64. The van der Waals surface area contributed by atoms with Crippen LogP contribution < -0.4 is 16.2 Å². The number of aryl methyl sites for hydroxylation is 1. The minimum atomic E-state index is 0.0341. The summed E-state index contributed by atoms with van der Waals surface area (Å²) in [5.74, 6) is 0.423. The molecule has 0 radical (unpaired) electrons. The largest absolute Gasteiger partial charge is 0.324 e. The molecule has 1 aliphatic rings. The van der Waals surface area contributed by atoms with Gasteiger partial charge in [-0.1, -0.05) is 93.7 Å². The molecule has 1 aliphatic carbocycles. The van der Waals surface area contributed by atoms with E-state index in [0.29, 0.717) is 5.92 Å². The number of fused-ring (bicyclic) bond motifs is 3. The number of nitrogens with two attached hydrogens (primary N) is 1. The monoisotopic (exact) mass is 419 g/mol. The van der Waals surface area contributed by atoms with Crippen molar-refractivity contribution in [1.82, 2.24) is 0 Å². The van der Waals surface area contributed by atoms with Gasteiger partial charge in [-0.05, 0) is 85.5 Å². The van der Waals surface area contributed by atoms with Gasteiger partial charge >= 0.3 is 0 Å². The molecule has 0 aromatic heterocycles. The molecule has 0 bridgehead atoms. The molecule has 0 saturated heterocycles. The third-order valence-electron chi connectivity index (χ3n) is 6.55. The molecule has 0 fully saturated rings. The quantitative estimate of drug-likeness (QED) is 0.371. The zero-order valence-corrected chi connectivity index (χ0v) is 21.7. The van der Waals surface area contributed by atoms with Crippen LogP contribution in [0.2, 0.25) is 0 Å². The minimum Gasteiger partial charge on any atom is -0.324 e. The highest BCUT2D eigenvalue weighted by molar-refractivity contribution is 6.00. The molecule has 2 atom stereocenters. The summed E-state index contributed by atoms with van der Waals surface area (Å²) in [6, 6.07) is 11.1. The van der Waals surface area contributed by atoms with Gasteiger partial charge in [-0.3, -0.25) is 0 Å². The molecule has 4 rings (SSSR count). The van der Waals surface area contributed by atoms with E-state index in [1.165, 1.54) is 38.2 Å². The molecule has 170 valence electrons. The summed E-state index contributed by atoms with van der Waals surface area (Å²) in [4.78, 5) is 0. The molecule has 3 aromatic rings. The molecule has 31 heavy (non-hydrogen) atoms. The molecule has 1 heteroatoms. The summed E-state index contributed by atoms with van der Waals surface area (Å²) in [6.45, 7) is 30.1. The summed E-state index contributed by atoms with van der Waals surface area (Å²) >= 11 is 0. The van der Waals surface area contributed by atoms with Gasteiger partial charge in [0.1, 0.15) is 0 Å². The van der Waals surface area contributed by atoms with Crippen LogP contribution in [0.5, 0.6) is 0 Å². The Bertz CT molecular complexity index is 1120. The smallest absolute Gasteiger partial charge is 0.0309 e. The predicted octanol–water partition coefficient (Wildman–Crippen LogP) is 7.73. The molecule has 1 nitrogen and oxygen atoms in total. The molecule has 0 aliphatic heterocycles. The molecule has 2 unspecified atom stereocenters. The standard InChI is InChI=1S/C24H27N.3C2H6/c1-13-8-7-9-17-10-19-15(3)23-21(25)12-24(5,6)16(4)22(23)14(2)20(19)11-18(13)17;3*1-2/h7-11,16,21H,2-3,12,25H2,1,4-6H3;3*1-2H3. The summed E-state index contributed by atoms with van der Waals surface area (Å²) < 4.78 is 0. The fourth-order valence-corrected chi connectivity index (χ4v) is 4.75. The van der Waals surface area contributed by atoms with Crippen molar-refractivity contribution in [2.24, 2.45) is 11.1 Å². The average molecular weight is 420 g/mol. The van der Waals surface area contributed by atoms with Gasteiger partial charge in [0.2, 0.25) is 0 Å². The first-order valence-corrected chi connectivity index (χ1v) is 12.1. The van der Waals surface area contributed by atoms with Gasteiger partial charge in [-0.25, -0.2) is 0 Å². The highest BCUT2D eigenvalue weighted by atomic mass is 14.7. The average Bonchev–Trinajstić information content (AvgIpc) is 2.78. The maximum absolute atomic E-state index is 6.61. The van der Waals surface area contributed by atoms with Crippen LogP contribution >= 0.6 is 0 Å². The molecule has 0 heterocycles. The summed E-state index contributed by atoms with van der Waals surface area (Å²) in [7, 11) is 0. The van der Waals surface area contributed by atoms with E-state index < -0.39 is 0 Å². The van der Waals surface area contributed by atoms with Crippen molar-refractivity contribution in [3.63, 3.8) is 0 Å². The number of hydrogen-bond acceptors (Lipinski definition) is 1. The second-order valence-electron chi connectivity index (χ2n) is 8.50. The van der Waals surface area contributed by atoms with Crippen LogP contribution in [0.3, 0.4) is 0 Å². The molecular formula is C30H45N. The van der Waals surface area contributed by atoms with Crippen LogP contribution in [0.25, 0.3) is 34.7 Å². The Kier molecular flexibility index (Phi) is 9.51. The van der Waals surface area contributed by atoms with Crippen LogP contribution in [-0.4, -0.2) is 0 Å². The lowest BCUT2D eigenvalue weighted by Crippen LogP contribution is -2.40. The maximum atomic E-state index is 6.61. The van der Waals surface area contributed by atoms with Crippen molar-refractivity contribution in [1.29, 1.82) is 0 Å². The van der Waals surface area contributed by atoms with Gasteiger partial charge in [0, 0.05) is 6.04 Å². The Morgan fingerprint density at radius 1 is 0.839 bits per heavy atom. The zero-order chi connectivity index (χ0) is 24.1. The Morgan fingerprint density at radius 3 is 1.94 bits per heavy atom. The maximum Gasteiger partial charge on any atom is 0.0309 e. The van der Waals surface area contributed by atoms with E-state index in [0.717, 1.165) is 16.9 Å². The van der Waals surface area contributed by atoms with Crippen molar-refractivity contribution in [2.75, 3.05) is 0 Å². The van der Waals surface area contributed by atoms with Crippen molar-refractivity contribution in [3.8, 4) is 0 Å². The van der Waals surface area contributed by atoms with E-state index in [2.05, 4.69) is 71.2 Å². The second kappa shape index (κ2) is 11.0. The minimum absolute atomic E-state index is 0.0341. The van der Waals surface area contributed by atoms with Crippen LogP contribution in [0.15, 0.2) is 30.3 Å². The first-order chi connectivity index (χ1) is 14.7. The number of benzene rings is 3. The first-order valence-electron chi connectivity index (χ1n) is 12.1. The third kappa shape index (κ3) is 4.72. The molecule has 0 spiro atoms. The van der Waals surface area contributed by atoms with Crippen LogP contribution in [-0.2, 0) is 0 Å². The molecule has 2 N–H and O–H groups in total. The Hall–Kier alpha value is -2.12. The van der Waals surface area contributed by atoms with Gasteiger partial charge in [-0.2, -0.15) is 0 Å². The van der Waals surface area contributed by atoms with Crippen LogP contribution in [0, 0.1) is 12.3 Å². The zero-order valence-electron chi connectivity index (χ0n) is 21.7. The normalized spacial score (nSPS) is 18.5. The SMILES string of the molecule is C=c1c2c(c(=C)c3cc4c(C)cccc4cc13)C(C)C(C)(C)CC2N.CC.CC.CC. The van der Waals surface area contributed by atoms with E-state index in [1.807, 2.05) is 41.5 Å². The van der Waals surface area contributed by atoms with Crippen molar-refractivity contribution < 1.29 is 0 Å². The van der Waals surface area contributed by atoms with Gasteiger partial charge in [0.25, 0.3) is 0 Å². The molecule has 3 aromatic carbocycles. The second-order valence-corrected chi connectivity index (χ2v) is 8.50. The van der Waals surface area contributed by atoms with Crippen LogP contribution in [0.4, 0.5) is 0 Å². The van der Waals surface area contributed by atoms with Gasteiger partial charge in [0.05, 0.1) is 0 Å². The lowest BCUT2D eigenvalue weighted by Gasteiger charge is -2.42. The van der Waals surface area contributed by atoms with E-state index in [1.54, 1.807) is 0 Å². The van der Waals surface area contributed by atoms with Crippen molar-refractivity contribution in [2.45, 2.75) is 87.6 Å². The summed E-state index contributed by atoms with van der Waals surface area (Å²) in [6.07, 6.45) is 0.987. The van der Waals surface area contributed by atoms with Gasteiger partial charge < -0.3 is 5.73 Å². The first kappa shape index (κ1) is 26.9. The van der Waals surface area contributed by atoms with Gasteiger partial charge in [-0.15, -0.1) is 0 Å². The molecular weight excluding hydrogens is 374 g/mol. The third-order valence-corrected chi connectivity index (χ3v) is 6.55. The lowest BCUT2D eigenvalue weighted by molar-refractivity contribution is 0.232.